The van der Waals surface area contributed by atoms with E-state index in [2.05, 4.69) is 5.94 Å². The topological polar surface area (TPSA) is 63.7 Å². The van der Waals surface area contributed by atoms with Crippen molar-refractivity contribution in [3.8, 4) is 0 Å². The summed E-state index contributed by atoms with van der Waals surface area (Å²) in [6.07, 6.45) is 5.62. The maximum absolute atomic E-state index is 13.2. The molecule has 0 unspecified atom stereocenters. The summed E-state index contributed by atoms with van der Waals surface area (Å²) in [4.78, 5) is 11.8. The van der Waals surface area contributed by atoms with Gasteiger partial charge >= 0.3 is 0 Å². The maximum atomic E-state index is 13.2. The number of ether oxygens (including phenoxy) is 1. The highest BCUT2D eigenvalue weighted by Gasteiger charge is 2.32. The number of hydrogen-bond donors (Lipinski definition) is 0. The van der Waals surface area contributed by atoms with Crippen LogP contribution >= 0.6 is 0 Å². The first-order valence-corrected chi connectivity index (χ1v) is 11.5. The average molecular weight is 434 g/mol. The Kier molecular flexibility index (Phi) is 5.68. The van der Waals surface area contributed by atoms with Crippen LogP contribution in [0.5, 0.6) is 0 Å². The first-order chi connectivity index (χ1) is 14.9. The van der Waals surface area contributed by atoms with Gasteiger partial charge in [-0.1, -0.05) is 48.0 Å². The highest BCUT2D eigenvalue weighted by Crippen LogP contribution is 2.40. The minimum absolute atomic E-state index is 0.190. The number of allylic oxidation sites excluding steroid dienone is 5. The van der Waals surface area contributed by atoms with Crippen LogP contribution in [0.2, 0.25) is 0 Å². The van der Waals surface area contributed by atoms with Gasteiger partial charge in [-0.05, 0) is 49.1 Å². The maximum Gasteiger partial charge on any atom is 0.266 e. The molecule has 0 spiro atoms. The van der Waals surface area contributed by atoms with Crippen molar-refractivity contribution in [3.63, 3.8) is 0 Å². The zero-order chi connectivity index (χ0) is 22.0. The van der Waals surface area contributed by atoms with Gasteiger partial charge in [0, 0.05) is 30.7 Å². The predicted octanol–water partition coefficient (Wildman–Crippen LogP) is 4.77. The second-order valence-electron chi connectivity index (χ2n) is 7.61. The molecule has 6 heteroatoms. The third-order valence-corrected chi connectivity index (χ3v) is 7.21. The van der Waals surface area contributed by atoms with E-state index >= 15 is 0 Å². The third kappa shape index (κ3) is 4.13. The van der Waals surface area contributed by atoms with Crippen molar-refractivity contribution in [3.05, 3.63) is 100 Å². The van der Waals surface area contributed by atoms with Crippen LogP contribution in [0.1, 0.15) is 30.4 Å². The van der Waals surface area contributed by atoms with E-state index in [-0.39, 0.29) is 10.8 Å². The predicted molar refractivity (Wildman–Crippen MR) is 120 cm³/mol. The van der Waals surface area contributed by atoms with E-state index in [1.807, 2.05) is 43.3 Å². The summed E-state index contributed by atoms with van der Waals surface area (Å²) in [6.45, 7) is 1.91. The van der Waals surface area contributed by atoms with Crippen molar-refractivity contribution < 1.29 is 17.9 Å². The molecule has 1 aliphatic carbocycles. The molecule has 0 amide bonds. The molecule has 0 bridgehead atoms. The molecule has 0 N–H and O–H groups in total. The number of benzene rings is 2. The summed E-state index contributed by atoms with van der Waals surface area (Å²) in [5.41, 5.74) is 3.94. The molecule has 1 aliphatic heterocycles. The molecule has 5 nitrogen and oxygen atoms in total. The van der Waals surface area contributed by atoms with Crippen LogP contribution in [0.3, 0.4) is 0 Å². The Hall–Kier alpha value is -3.34. The van der Waals surface area contributed by atoms with Crippen LogP contribution in [0.25, 0.3) is 6.08 Å². The smallest absolute Gasteiger partial charge is 0.266 e. The number of carbonyl (C=O) groups excluding carboxylic acids is 1. The van der Waals surface area contributed by atoms with Crippen LogP contribution in [-0.4, -0.2) is 25.7 Å². The molecule has 1 heterocycles. The summed E-state index contributed by atoms with van der Waals surface area (Å²) in [5, 5.41) is 0. The van der Waals surface area contributed by atoms with Crippen molar-refractivity contribution in [2.75, 3.05) is 7.05 Å². The van der Waals surface area contributed by atoms with Crippen molar-refractivity contribution >= 4 is 22.0 Å². The van der Waals surface area contributed by atoms with E-state index in [1.54, 1.807) is 30.3 Å². The molecular weight excluding hydrogens is 410 g/mol. The Bertz CT molecular complexity index is 1250. The molecule has 0 atom stereocenters. The van der Waals surface area contributed by atoms with Crippen LogP contribution in [0, 0.1) is 6.92 Å². The molecule has 2 aliphatic rings. The lowest BCUT2D eigenvalue weighted by Gasteiger charge is -2.31. The zero-order valence-corrected chi connectivity index (χ0v) is 18.3. The number of rotatable bonds is 4. The highest BCUT2D eigenvalue weighted by atomic mass is 32.2. The lowest BCUT2D eigenvalue weighted by Crippen LogP contribution is -2.29. The molecule has 2 aromatic rings. The van der Waals surface area contributed by atoms with Gasteiger partial charge in [0.2, 0.25) is 5.88 Å². The standard InChI is InChI=1S/C25H23NO4S/c1-18-11-13-22(14-12-18)31(28,29)26(2)24-16-21(15-19-7-4-3-5-8-19)25-20(17-27)9-6-10-23(25)30-24/h3-5,7-8,11-16H,6,9-10H2,1-2H3. The molecule has 0 saturated carbocycles. The van der Waals surface area contributed by atoms with Gasteiger partial charge in [-0.3, -0.25) is 0 Å². The number of aryl methyl sites for hydroxylation is 1. The molecule has 0 saturated heterocycles. The molecule has 2 aromatic carbocycles. The molecule has 0 aromatic heterocycles. The minimum Gasteiger partial charge on any atom is -0.444 e. The number of sulfonamides is 1. The fourth-order valence-electron chi connectivity index (χ4n) is 3.73. The molecule has 0 radical (unpaired) electrons. The van der Waals surface area contributed by atoms with Crippen LogP contribution < -0.4 is 0 Å². The highest BCUT2D eigenvalue weighted by molar-refractivity contribution is 7.89. The van der Waals surface area contributed by atoms with Gasteiger partial charge < -0.3 is 4.74 Å². The quantitative estimate of drug-likeness (QED) is 0.652. The van der Waals surface area contributed by atoms with Gasteiger partial charge in [0.1, 0.15) is 11.7 Å². The van der Waals surface area contributed by atoms with E-state index in [0.717, 1.165) is 33.0 Å². The van der Waals surface area contributed by atoms with E-state index in [9.17, 15) is 13.2 Å². The van der Waals surface area contributed by atoms with Gasteiger partial charge in [-0.25, -0.2) is 17.5 Å². The van der Waals surface area contributed by atoms with E-state index in [1.165, 1.54) is 7.05 Å². The largest absolute Gasteiger partial charge is 0.444 e. The SMILES string of the molecule is Cc1ccc(S(=O)(=O)N(C)C2=CC(=Cc3ccccc3)C3=C(CCCC3=C=O)O2)cc1. The Morgan fingerprint density at radius 3 is 2.42 bits per heavy atom. The normalized spacial score (nSPS) is 17.5. The van der Waals surface area contributed by atoms with Crippen molar-refractivity contribution in [2.45, 2.75) is 31.1 Å². The molecule has 158 valence electrons. The van der Waals surface area contributed by atoms with Gasteiger partial charge in [0.15, 0.2) is 0 Å². The monoisotopic (exact) mass is 433 g/mol. The first-order valence-electron chi connectivity index (χ1n) is 10.1. The fraction of sp³-hybridized carbons (Fsp3) is 0.200. The Morgan fingerprint density at radius 2 is 1.74 bits per heavy atom. The van der Waals surface area contributed by atoms with Crippen LogP contribution in [0.15, 0.2) is 93.9 Å². The lowest BCUT2D eigenvalue weighted by molar-refractivity contribution is 0.214. The lowest BCUT2D eigenvalue weighted by atomic mass is 9.86. The fourth-order valence-corrected chi connectivity index (χ4v) is 4.85. The molecule has 0 fully saturated rings. The Balaban J connectivity index is 1.79. The van der Waals surface area contributed by atoms with Gasteiger partial charge in [-0.2, -0.15) is 0 Å². The minimum atomic E-state index is -3.80. The summed E-state index contributed by atoms with van der Waals surface area (Å²) in [7, 11) is -2.32. The number of hydrogen-bond acceptors (Lipinski definition) is 4. The van der Waals surface area contributed by atoms with Crippen molar-refractivity contribution in [1.29, 1.82) is 0 Å². The van der Waals surface area contributed by atoms with Crippen LogP contribution in [-0.2, 0) is 19.6 Å². The first kappa shape index (κ1) is 20.9. The van der Waals surface area contributed by atoms with Crippen molar-refractivity contribution in [1.82, 2.24) is 4.31 Å². The van der Waals surface area contributed by atoms with E-state index in [0.29, 0.717) is 24.2 Å². The molecule has 4 rings (SSSR count). The summed E-state index contributed by atoms with van der Waals surface area (Å²) in [6, 6.07) is 16.4. The summed E-state index contributed by atoms with van der Waals surface area (Å²) < 4.78 is 33.6. The number of nitrogens with zero attached hydrogens (tertiary/aromatic N) is 1. The second kappa shape index (κ2) is 8.42. The summed E-state index contributed by atoms with van der Waals surface area (Å²) in [5.74, 6) is 2.86. The average Bonchev–Trinajstić information content (AvgIpc) is 2.79. The van der Waals surface area contributed by atoms with Gasteiger partial charge in [-0.15, -0.1) is 0 Å². The molecule has 31 heavy (non-hydrogen) atoms. The zero-order valence-electron chi connectivity index (χ0n) is 17.5. The Morgan fingerprint density at radius 1 is 1.03 bits per heavy atom. The van der Waals surface area contributed by atoms with Gasteiger partial charge in [0.25, 0.3) is 10.0 Å². The van der Waals surface area contributed by atoms with E-state index in [4.69, 9.17) is 4.74 Å². The van der Waals surface area contributed by atoms with Crippen LogP contribution in [0.4, 0.5) is 0 Å². The molecular formula is C25H23NO4S. The Labute approximate surface area is 182 Å². The third-order valence-electron chi connectivity index (χ3n) is 5.44. The van der Waals surface area contributed by atoms with Gasteiger partial charge in [0.05, 0.1) is 4.90 Å². The van der Waals surface area contributed by atoms with E-state index < -0.39 is 10.0 Å². The van der Waals surface area contributed by atoms with Crippen molar-refractivity contribution in [2.24, 2.45) is 0 Å². The summed E-state index contributed by atoms with van der Waals surface area (Å²) >= 11 is 0. The second-order valence-corrected chi connectivity index (χ2v) is 9.58.